The van der Waals surface area contributed by atoms with Crippen molar-refractivity contribution in [3.8, 4) is 0 Å². The van der Waals surface area contributed by atoms with Crippen molar-refractivity contribution in [1.29, 1.82) is 0 Å². The van der Waals surface area contributed by atoms with Gasteiger partial charge in [0.2, 0.25) is 11.8 Å². The van der Waals surface area contributed by atoms with Gasteiger partial charge in [-0.1, -0.05) is 31.9 Å². The Morgan fingerprint density at radius 2 is 1.59 bits per heavy atom. The number of alkyl halides is 2. The zero-order valence-corrected chi connectivity index (χ0v) is 12.0. The van der Waals surface area contributed by atoms with Crippen LogP contribution in [-0.4, -0.2) is 44.0 Å². The number of carbonyl (C=O) groups is 3. The Morgan fingerprint density at radius 3 is 1.94 bits per heavy atom. The normalized spacial score (nSPS) is 37.2. The van der Waals surface area contributed by atoms with Crippen LogP contribution in [0.2, 0.25) is 0 Å². The van der Waals surface area contributed by atoms with Crippen molar-refractivity contribution in [2.75, 3.05) is 6.54 Å². The van der Waals surface area contributed by atoms with Crippen molar-refractivity contribution in [3.63, 3.8) is 0 Å². The SMILES string of the molecule is O=C(O)CN1C(=O)C2CC(Br)C(Br)CC2C1=O. The molecule has 5 nitrogen and oxygen atoms in total. The molecule has 7 heteroatoms. The van der Waals surface area contributed by atoms with Crippen LogP contribution in [0.3, 0.4) is 0 Å². The molecule has 94 valence electrons. The third kappa shape index (κ3) is 2.27. The second-order valence-corrected chi connectivity index (χ2v) is 6.73. The quantitative estimate of drug-likeness (QED) is 0.582. The van der Waals surface area contributed by atoms with Crippen molar-refractivity contribution in [2.24, 2.45) is 11.8 Å². The van der Waals surface area contributed by atoms with Gasteiger partial charge in [0.1, 0.15) is 6.54 Å². The summed E-state index contributed by atoms with van der Waals surface area (Å²) in [5, 5.41) is 8.68. The molecule has 2 amide bonds. The summed E-state index contributed by atoms with van der Waals surface area (Å²) in [6.07, 6.45) is 1.14. The number of nitrogens with zero attached hydrogens (tertiary/aromatic N) is 1. The van der Waals surface area contributed by atoms with Crippen molar-refractivity contribution in [2.45, 2.75) is 22.5 Å². The minimum atomic E-state index is -1.16. The lowest BCUT2D eigenvalue weighted by molar-refractivity contribution is -0.149. The minimum absolute atomic E-state index is 0.144. The zero-order valence-electron chi connectivity index (χ0n) is 8.81. The Balaban J connectivity index is 2.19. The largest absolute Gasteiger partial charge is 0.480 e. The number of fused-ring (bicyclic) bond motifs is 1. The molecule has 1 heterocycles. The predicted molar refractivity (Wildman–Crippen MR) is 66.0 cm³/mol. The Hall–Kier alpha value is -0.430. The van der Waals surface area contributed by atoms with Crippen molar-refractivity contribution >= 4 is 49.6 Å². The van der Waals surface area contributed by atoms with Crippen LogP contribution in [0.15, 0.2) is 0 Å². The van der Waals surface area contributed by atoms with Gasteiger partial charge in [-0.3, -0.25) is 19.3 Å². The van der Waals surface area contributed by atoms with Gasteiger partial charge in [0.25, 0.3) is 0 Å². The van der Waals surface area contributed by atoms with E-state index in [0.717, 1.165) is 4.90 Å². The maximum absolute atomic E-state index is 11.9. The van der Waals surface area contributed by atoms with Gasteiger partial charge in [-0.2, -0.15) is 0 Å². The monoisotopic (exact) mass is 367 g/mol. The third-order valence-electron chi connectivity index (χ3n) is 3.30. The Bertz CT molecular complexity index is 359. The summed E-state index contributed by atoms with van der Waals surface area (Å²) >= 11 is 6.93. The summed E-state index contributed by atoms with van der Waals surface area (Å²) in [6, 6.07) is 0. The lowest BCUT2D eigenvalue weighted by atomic mass is 9.81. The summed E-state index contributed by atoms with van der Waals surface area (Å²) in [7, 11) is 0. The standard InChI is InChI=1S/C10H11Br2NO4/c11-6-1-4-5(2-7(6)12)10(17)13(9(4)16)3-8(14)15/h4-7H,1-3H2,(H,14,15). The summed E-state index contributed by atoms with van der Waals surface area (Å²) in [5.41, 5.74) is 0. The van der Waals surface area contributed by atoms with E-state index < -0.39 is 12.5 Å². The fourth-order valence-electron chi connectivity index (χ4n) is 2.45. The molecule has 0 aromatic carbocycles. The van der Waals surface area contributed by atoms with Gasteiger partial charge < -0.3 is 5.11 Å². The Labute approximate surface area is 115 Å². The number of amides is 2. The number of carbonyl (C=O) groups excluding carboxylic acids is 2. The van der Waals surface area contributed by atoms with E-state index in [9.17, 15) is 14.4 Å². The van der Waals surface area contributed by atoms with E-state index >= 15 is 0 Å². The number of hydrogen-bond acceptors (Lipinski definition) is 3. The van der Waals surface area contributed by atoms with E-state index in [0.29, 0.717) is 12.8 Å². The summed E-state index contributed by atoms with van der Waals surface area (Å²) < 4.78 is 0. The number of aliphatic carboxylic acids is 1. The van der Waals surface area contributed by atoms with Crippen LogP contribution >= 0.6 is 31.9 Å². The molecule has 0 aromatic heterocycles. The molecule has 0 radical (unpaired) electrons. The summed E-state index contributed by atoms with van der Waals surface area (Å²) in [4.78, 5) is 35.7. The fraction of sp³-hybridized carbons (Fsp3) is 0.700. The first-order chi connectivity index (χ1) is 7.91. The molecule has 2 rings (SSSR count). The van der Waals surface area contributed by atoms with Crippen LogP contribution in [0.4, 0.5) is 0 Å². The topological polar surface area (TPSA) is 74.7 Å². The smallest absolute Gasteiger partial charge is 0.323 e. The average molecular weight is 369 g/mol. The molecule has 1 aliphatic carbocycles. The van der Waals surface area contributed by atoms with E-state index in [4.69, 9.17) is 5.11 Å². The lowest BCUT2D eigenvalue weighted by Crippen LogP contribution is -2.35. The molecule has 0 aromatic rings. The Kier molecular flexibility index (Phi) is 3.58. The van der Waals surface area contributed by atoms with Gasteiger partial charge >= 0.3 is 5.97 Å². The number of hydrogen-bond donors (Lipinski definition) is 1. The number of halogens is 2. The number of likely N-dealkylation sites (tertiary alicyclic amines) is 1. The van der Waals surface area contributed by atoms with Crippen LogP contribution in [0.1, 0.15) is 12.8 Å². The van der Waals surface area contributed by atoms with Gasteiger partial charge in [0.15, 0.2) is 0 Å². The van der Waals surface area contributed by atoms with Gasteiger partial charge in [-0.15, -0.1) is 0 Å². The van der Waals surface area contributed by atoms with Gasteiger partial charge in [0.05, 0.1) is 11.8 Å². The molecule has 4 unspecified atom stereocenters. The maximum Gasteiger partial charge on any atom is 0.323 e. The van der Waals surface area contributed by atoms with E-state index in [1.807, 2.05) is 0 Å². The average Bonchev–Trinajstić information content (AvgIpc) is 2.45. The van der Waals surface area contributed by atoms with E-state index in [2.05, 4.69) is 31.9 Å². The molecular formula is C10H11Br2NO4. The van der Waals surface area contributed by atoms with Crippen LogP contribution in [0.5, 0.6) is 0 Å². The second-order valence-electron chi connectivity index (χ2n) is 4.37. The predicted octanol–water partition coefficient (Wildman–Crippen LogP) is 0.993. The fourth-order valence-corrected chi connectivity index (χ4v) is 3.69. The molecule has 1 aliphatic heterocycles. The number of imide groups is 1. The molecule has 0 bridgehead atoms. The van der Waals surface area contributed by atoms with E-state index in [1.54, 1.807) is 0 Å². The lowest BCUT2D eigenvalue weighted by Gasteiger charge is -2.29. The van der Waals surface area contributed by atoms with Gasteiger partial charge in [-0.25, -0.2) is 0 Å². The van der Waals surface area contributed by atoms with Crippen molar-refractivity contribution < 1.29 is 19.5 Å². The summed E-state index contributed by atoms with van der Waals surface area (Å²) in [5.74, 6) is -2.56. The molecular weight excluding hydrogens is 358 g/mol. The second kappa shape index (κ2) is 4.68. The molecule has 1 N–H and O–H groups in total. The molecule has 1 saturated heterocycles. The summed E-state index contributed by atoms with van der Waals surface area (Å²) in [6.45, 7) is -0.523. The van der Waals surface area contributed by atoms with Crippen LogP contribution in [0, 0.1) is 11.8 Å². The Morgan fingerprint density at radius 1 is 1.18 bits per heavy atom. The highest BCUT2D eigenvalue weighted by Crippen LogP contribution is 2.42. The van der Waals surface area contributed by atoms with Gasteiger partial charge in [0, 0.05) is 9.65 Å². The molecule has 2 fully saturated rings. The van der Waals surface area contributed by atoms with Crippen LogP contribution in [-0.2, 0) is 14.4 Å². The number of carboxylic acids is 1. The van der Waals surface area contributed by atoms with Crippen molar-refractivity contribution in [3.05, 3.63) is 0 Å². The highest BCUT2D eigenvalue weighted by molar-refractivity contribution is 9.12. The number of carboxylic acid groups (broad SMARTS) is 1. The van der Waals surface area contributed by atoms with Gasteiger partial charge in [-0.05, 0) is 12.8 Å². The third-order valence-corrected chi connectivity index (χ3v) is 6.03. The molecule has 0 spiro atoms. The van der Waals surface area contributed by atoms with E-state index in [-0.39, 0.29) is 33.3 Å². The van der Waals surface area contributed by atoms with E-state index in [1.165, 1.54) is 0 Å². The minimum Gasteiger partial charge on any atom is -0.480 e. The highest BCUT2D eigenvalue weighted by atomic mass is 79.9. The van der Waals surface area contributed by atoms with Crippen LogP contribution < -0.4 is 0 Å². The zero-order chi connectivity index (χ0) is 12.7. The van der Waals surface area contributed by atoms with Crippen molar-refractivity contribution in [1.82, 2.24) is 4.90 Å². The first-order valence-corrected chi connectivity index (χ1v) is 7.10. The molecule has 2 aliphatic rings. The molecule has 1 saturated carbocycles. The maximum atomic E-state index is 11.9. The number of rotatable bonds is 2. The highest BCUT2D eigenvalue weighted by Gasteiger charge is 2.52. The molecule has 17 heavy (non-hydrogen) atoms. The molecule has 4 atom stereocenters. The first-order valence-electron chi connectivity index (χ1n) is 5.27. The van der Waals surface area contributed by atoms with Crippen LogP contribution in [0.25, 0.3) is 0 Å². The first kappa shape index (κ1) is 13.0.